The maximum Gasteiger partial charge on any atom is 0.360 e. The molecule has 0 saturated carbocycles. The quantitative estimate of drug-likeness (QED) is 0.569. The Hall–Kier alpha value is -2.91. The lowest BCUT2D eigenvalue weighted by Gasteiger charge is -2.13. The van der Waals surface area contributed by atoms with Crippen LogP contribution in [-0.2, 0) is 21.3 Å². The summed E-state index contributed by atoms with van der Waals surface area (Å²) in [5.41, 5.74) is 0.512. The van der Waals surface area contributed by atoms with Crippen LogP contribution in [0.2, 0.25) is 5.02 Å². The van der Waals surface area contributed by atoms with Gasteiger partial charge in [0.1, 0.15) is 5.82 Å². The number of nitrogens with one attached hydrogen (secondary N) is 1. The minimum atomic E-state index is -4.03. The minimum absolute atomic E-state index is 0.0359. The summed E-state index contributed by atoms with van der Waals surface area (Å²) in [5.74, 6) is -1.21. The maximum atomic E-state index is 13.2. The number of carbonyl (C=O) groups is 1. The molecule has 1 N–H and O–H groups in total. The van der Waals surface area contributed by atoms with Crippen LogP contribution in [0.5, 0.6) is 0 Å². The molecular formula is C19H17ClFN3O4S. The summed E-state index contributed by atoms with van der Waals surface area (Å²) in [4.78, 5) is 16.2. The van der Waals surface area contributed by atoms with Gasteiger partial charge in [-0.15, -0.1) is 0 Å². The standard InChI is InChI=1S/C19H17ClFN3O4S/c1-2-28-19(25)17-18(23-29(26,27)16-9-5-14(20)6-10-16)24(12-22-17)11-13-3-7-15(21)8-4-13/h3-10,12,23H,2,11H2,1H3. The molecule has 10 heteroatoms. The van der Waals surface area contributed by atoms with Crippen LogP contribution < -0.4 is 4.72 Å². The number of imidazole rings is 1. The number of hydrogen-bond donors (Lipinski definition) is 1. The largest absolute Gasteiger partial charge is 0.461 e. The van der Waals surface area contributed by atoms with E-state index in [2.05, 4.69) is 9.71 Å². The molecule has 29 heavy (non-hydrogen) atoms. The Morgan fingerprint density at radius 2 is 1.83 bits per heavy atom. The van der Waals surface area contributed by atoms with Crippen LogP contribution in [0.3, 0.4) is 0 Å². The van der Waals surface area contributed by atoms with Gasteiger partial charge in [0.05, 0.1) is 24.4 Å². The van der Waals surface area contributed by atoms with E-state index in [4.69, 9.17) is 16.3 Å². The molecule has 0 aliphatic heterocycles. The lowest BCUT2D eigenvalue weighted by atomic mass is 10.2. The lowest BCUT2D eigenvalue weighted by molar-refractivity contribution is 0.0521. The van der Waals surface area contributed by atoms with E-state index < -0.39 is 21.8 Å². The number of benzene rings is 2. The summed E-state index contributed by atoms with van der Waals surface area (Å²) in [6, 6.07) is 11.3. The van der Waals surface area contributed by atoms with Crippen molar-refractivity contribution in [2.45, 2.75) is 18.4 Å². The zero-order valence-electron chi connectivity index (χ0n) is 15.3. The van der Waals surface area contributed by atoms with E-state index in [0.717, 1.165) is 0 Å². The molecule has 3 aromatic rings. The van der Waals surface area contributed by atoms with E-state index in [1.54, 1.807) is 19.1 Å². The molecule has 0 bridgehead atoms. The third-order valence-electron chi connectivity index (χ3n) is 3.93. The fourth-order valence-electron chi connectivity index (χ4n) is 2.54. The highest BCUT2D eigenvalue weighted by molar-refractivity contribution is 7.92. The monoisotopic (exact) mass is 437 g/mol. The van der Waals surface area contributed by atoms with Crippen molar-refractivity contribution in [1.29, 1.82) is 0 Å². The van der Waals surface area contributed by atoms with Crippen LogP contribution in [0.25, 0.3) is 0 Å². The maximum absolute atomic E-state index is 13.2. The summed E-state index contributed by atoms with van der Waals surface area (Å²) in [6.07, 6.45) is 1.31. The van der Waals surface area contributed by atoms with Gasteiger partial charge in [0, 0.05) is 5.02 Å². The zero-order valence-corrected chi connectivity index (χ0v) is 16.9. The number of rotatable bonds is 7. The summed E-state index contributed by atoms with van der Waals surface area (Å²) < 4.78 is 47.5. The number of ether oxygens (including phenoxy) is 1. The molecule has 152 valence electrons. The van der Waals surface area contributed by atoms with Crippen LogP contribution >= 0.6 is 11.6 Å². The number of carbonyl (C=O) groups excluding carboxylic acids is 1. The summed E-state index contributed by atoms with van der Waals surface area (Å²) in [5, 5.41) is 0.387. The fourth-order valence-corrected chi connectivity index (χ4v) is 3.75. The van der Waals surface area contributed by atoms with Gasteiger partial charge in [-0.2, -0.15) is 0 Å². The summed E-state index contributed by atoms with van der Waals surface area (Å²) in [6.45, 7) is 1.89. The fraction of sp³-hybridized carbons (Fsp3) is 0.158. The van der Waals surface area contributed by atoms with Gasteiger partial charge in [-0.05, 0) is 48.9 Å². The lowest BCUT2D eigenvalue weighted by Crippen LogP contribution is -2.19. The molecule has 0 spiro atoms. The molecule has 0 amide bonds. The Labute approximate surface area is 172 Å². The van der Waals surface area contributed by atoms with Gasteiger partial charge in [0.15, 0.2) is 11.5 Å². The van der Waals surface area contributed by atoms with Crippen molar-refractivity contribution < 1.29 is 22.3 Å². The summed E-state index contributed by atoms with van der Waals surface area (Å²) in [7, 11) is -4.03. The second-order valence-electron chi connectivity index (χ2n) is 5.98. The van der Waals surface area contributed by atoms with Gasteiger partial charge < -0.3 is 9.30 Å². The van der Waals surface area contributed by atoms with Gasteiger partial charge in [0.2, 0.25) is 0 Å². The summed E-state index contributed by atoms with van der Waals surface area (Å²) >= 11 is 5.82. The van der Waals surface area contributed by atoms with Crippen LogP contribution in [0.1, 0.15) is 23.0 Å². The zero-order chi connectivity index (χ0) is 21.0. The number of esters is 1. The van der Waals surface area contributed by atoms with Crippen LogP contribution in [0, 0.1) is 5.82 Å². The van der Waals surface area contributed by atoms with Crippen LogP contribution in [0.15, 0.2) is 59.8 Å². The molecule has 7 nitrogen and oxygen atoms in total. The average Bonchev–Trinajstić information content (AvgIpc) is 3.06. The predicted octanol–water partition coefficient (Wildman–Crippen LogP) is 3.70. The molecule has 0 unspecified atom stereocenters. The molecule has 1 aromatic heterocycles. The van der Waals surface area contributed by atoms with Crippen molar-refractivity contribution in [3.63, 3.8) is 0 Å². The highest BCUT2D eigenvalue weighted by atomic mass is 35.5. The smallest absolute Gasteiger partial charge is 0.360 e. The average molecular weight is 438 g/mol. The van der Waals surface area contributed by atoms with Crippen LogP contribution in [0.4, 0.5) is 10.2 Å². The number of nitrogens with zero attached hydrogens (tertiary/aromatic N) is 2. The van der Waals surface area contributed by atoms with Gasteiger partial charge in [-0.3, -0.25) is 4.72 Å². The second kappa shape index (κ2) is 8.62. The first-order valence-corrected chi connectivity index (χ1v) is 10.4. The van der Waals surface area contributed by atoms with Gasteiger partial charge in [0.25, 0.3) is 10.0 Å². The number of anilines is 1. The van der Waals surface area contributed by atoms with E-state index in [-0.39, 0.29) is 29.6 Å². The second-order valence-corrected chi connectivity index (χ2v) is 8.09. The Morgan fingerprint density at radius 1 is 1.17 bits per heavy atom. The Morgan fingerprint density at radius 3 is 2.45 bits per heavy atom. The SMILES string of the molecule is CCOC(=O)c1ncn(Cc2ccc(F)cc2)c1NS(=O)(=O)c1ccc(Cl)cc1. The van der Waals surface area contributed by atoms with Crippen molar-refractivity contribution in [3.8, 4) is 0 Å². The van der Waals surface area contributed by atoms with E-state index in [9.17, 15) is 17.6 Å². The van der Waals surface area contributed by atoms with E-state index in [0.29, 0.717) is 10.6 Å². The molecule has 1 heterocycles. The first-order valence-electron chi connectivity index (χ1n) is 8.55. The molecule has 3 rings (SSSR count). The highest BCUT2D eigenvalue weighted by Crippen LogP contribution is 2.23. The molecular weight excluding hydrogens is 421 g/mol. The Kier molecular flexibility index (Phi) is 6.19. The normalized spacial score (nSPS) is 11.3. The van der Waals surface area contributed by atoms with Gasteiger partial charge in [-0.1, -0.05) is 23.7 Å². The number of halogens is 2. The van der Waals surface area contributed by atoms with Crippen molar-refractivity contribution in [2.75, 3.05) is 11.3 Å². The minimum Gasteiger partial charge on any atom is -0.461 e. The first kappa shape index (κ1) is 20.8. The van der Waals surface area contributed by atoms with E-state index in [1.165, 1.54) is 47.3 Å². The Bertz CT molecular complexity index is 1110. The molecule has 2 aromatic carbocycles. The predicted molar refractivity (Wildman–Crippen MR) is 106 cm³/mol. The van der Waals surface area contributed by atoms with Crippen molar-refractivity contribution in [1.82, 2.24) is 9.55 Å². The van der Waals surface area contributed by atoms with Crippen molar-refractivity contribution >= 4 is 33.4 Å². The molecule has 0 saturated heterocycles. The molecule has 0 atom stereocenters. The molecule has 0 aliphatic rings. The third-order valence-corrected chi connectivity index (χ3v) is 5.53. The van der Waals surface area contributed by atoms with Gasteiger partial charge >= 0.3 is 5.97 Å². The van der Waals surface area contributed by atoms with Crippen LogP contribution in [-0.4, -0.2) is 30.5 Å². The Balaban J connectivity index is 1.99. The molecule has 0 fully saturated rings. The van der Waals surface area contributed by atoms with E-state index >= 15 is 0 Å². The van der Waals surface area contributed by atoms with Crippen molar-refractivity contribution in [3.05, 3.63) is 77.0 Å². The number of hydrogen-bond acceptors (Lipinski definition) is 5. The number of sulfonamides is 1. The van der Waals surface area contributed by atoms with Gasteiger partial charge in [-0.25, -0.2) is 22.6 Å². The first-order chi connectivity index (χ1) is 13.8. The third kappa shape index (κ3) is 4.93. The highest BCUT2D eigenvalue weighted by Gasteiger charge is 2.24. The molecule has 0 aliphatic carbocycles. The number of aromatic nitrogens is 2. The molecule has 0 radical (unpaired) electrons. The van der Waals surface area contributed by atoms with Crippen molar-refractivity contribution in [2.24, 2.45) is 0 Å². The van der Waals surface area contributed by atoms with E-state index in [1.807, 2.05) is 0 Å². The topological polar surface area (TPSA) is 90.3 Å².